The highest BCUT2D eigenvalue weighted by Gasteiger charge is 2.12. The van der Waals surface area contributed by atoms with Crippen LogP contribution in [0.25, 0.3) is 5.69 Å². The van der Waals surface area contributed by atoms with Crippen LogP contribution in [0.1, 0.15) is 5.82 Å². The molecule has 7 nitrogen and oxygen atoms in total. The molecular weight excluding hydrogens is 395 g/mol. The quantitative estimate of drug-likeness (QED) is 0.461. The molecule has 0 spiro atoms. The number of hydrogen-bond donors (Lipinski definition) is 1. The average molecular weight is 414 g/mol. The molecule has 3 rings (SSSR count). The molecule has 0 aliphatic carbocycles. The lowest BCUT2D eigenvalue weighted by Gasteiger charge is -2.27. The molecule has 1 aromatic carbocycles. The fraction of sp³-hybridized carbons (Fsp3) is 0.357. The summed E-state index contributed by atoms with van der Waals surface area (Å²) in [5.41, 5.74) is 7.03. The zero-order chi connectivity index (χ0) is 14.5. The molecule has 0 bridgehead atoms. The second kappa shape index (κ2) is 8.08. The number of ether oxygens (including phenoxy) is 1. The molecule has 1 aliphatic rings. The van der Waals surface area contributed by atoms with Crippen LogP contribution in [0.5, 0.6) is 0 Å². The summed E-state index contributed by atoms with van der Waals surface area (Å²) in [5, 5.41) is 8.08. The molecule has 0 radical (unpaired) electrons. The summed E-state index contributed by atoms with van der Waals surface area (Å²) in [4.78, 5) is 6.44. The van der Waals surface area contributed by atoms with Crippen molar-refractivity contribution in [3.63, 3.8) is 0 Å². The predicted molar refractivity (Wildman–Crippen MR) is 94.5 cm³/mol. The van der Waals surface area contributed by atoms with E-state index >= 15 is 0 Å². The van der Waals surface area contributed by atoms with Gasteiger partial charge in [0.25, 0.3) is 0 Å². The number of halogens is 1. The molecule has 0 unspecified atom stereocenters. The van der Waals surface area contributed by atoms with Crippen LogP contribution >= 0.6 is 24.0 Å². The van der Waals surface area contributed by atoms with E-state index in [0.29, 0.717) is 25.7 Å². The minimum Gasteiger partial charge on any atom is -0.378 e. The van der Waals surface area contributed by atoms with Crippen molar-refractivity contribution in [2.45, 2.75) is 6.54 Å². The molecule has 2 heterocycles. The Bertz CT molecular complexity index is 609. The lowest BCUT2D eigenvalue weighted by molar-refractivity contribution is 0.0674. The Morgan fingerprint density at radius 3 is 2.68 bits per heavy atom. The number of aromatic nitrogens is 3. The molecule has 8 heteroatoms. The molecule has 0 saturated carbocycles. The number of rotatable bonds is 3. The van der Waals surface area contributed by atoms with E-state index in [2.05, 4.69) is 15.2 Å². The minimum absolute atomic E-state index is 0. The normalized spacial score (nSPS) is 15.5. The van der Waals surface area contributed by atoms with Crippen LogP contribution < -0.4 is 5.73 Å². The number of para-hydroxylation sites is 1. The molecule has 1 aliphatic heterocycles. The van der Waals surface area contributed by atoms with Crippen LogP contribution in [0, 0.1) is 0 Å². The second-order valence-corrected chi connectivity index (χ2v) is 4.73. The second-order valence-electron chi connectivity index (χ2n) is 4.73. The molecule has 2 aromatic rings. The highest BCUT2D eigenvalue weighted by Crippen LogP contribution is 2.09. The van der Waals surface area contributed by atoms with Gasteiger partial charge >= 0.3 is 0 Å². The van der Waals surface area contributed by atoms with Crippen LogP contribution in [0.3, 0.4) is 0 Å². The zero-order valence-electron chi connectivity index (χ0n) is 12.1. The molecule has 1 aromatic heterocycles. The van der Waals surface area contributed by atoms with E-state index < -0.39 is 0 Å². The third kappa shape index (κ3) is 3.95. The average Bonchev–Trinajstić information content (AvgIpc) is 3.03. The molecule has 22 heavy (non-hydrogen) atoms. The van der Waals surface area contributed by atoms with Crippen LogP contribution in [0.2, 0.25) is 0 Å². The summed E-state index contributed by atoms with van der Waals surface area (Å²) >= 11 is 0. The lowest BCUT2D eigenvalue weighted by atomic mass is 10.3. The first kappa shape index (κ1) is 16.7. The smallest absolute Gasteiger partial charge is 0.191 e. The zero-order valence-corrected chi connectivity index (χ0v) is 14.5. The van der Waals surface area contributed by atoms with Crippen molar-refractivity contribution in [3.05, 3.63) is 42.5 Å². The molecule has 1 saturated heterocycles. The Balaban J connectivity index is 0.00000176. The van der Waals surface area contributed by atoms with Crippen molar-refractivity contribution in [1.82, 2.24) is 19.7 Å². The Morgan fingerprint density at radius 1 is 1.23 bits per heavy atom. The maximum atomic E-state index is 6.02. The van der Waals surface area contributed by atoms with E-state index in [9.17, 15) is 0 Å². The Labute approximate surface area is 146 Å². The van der Waals surface area contributed by atoms with Crippen molar-refractivity contribution in [3.8, 4) is 5.69 Å². The third-order valence-electron chi connectivity index (χ3n) is 3.37. The molecule has 2 N–H and O–H groups in total. The van der Waals surface area contributed by atoms with Gasteiger partial charge in [0.15, 0.2) is 11.8 Å². The fourth-order valence-electron chi connectivity index (χ4n) is 2.22. The first-order chi connectivity index (χ1) is 10.3. The van der Waals surface area contributed by atoms with E-state index in [1.807, 2.05) is 39.8 Å². The molecular formula is C14H19IN6O. The van der Waals surface area contributed by atoms with Gasteiger partial charge in [-0.25, -0.2) is 4.99 Å². The maximum Gasteiger partial charge on any atom is 0.191 e. The van der Waals surface area contributed by atoms with Gasteiger partial charge in [0.05, 0.1) is 13.2 Å². The van der Waals surface area contributed by atoms with Gasteiger partial charge in [-0.15, -0.1) is 34.2 Å². The number of hydrogen-bond acceptors (Lipinski definition) is 4. The van der Waals surface area contributed by atoms with Crippen molar-refractivity contribution in [1.29, 1.82) is 0 Å². The maximum absolute atomic E-state index is 6.02. The van der Waals surface area contributed by atoms with Crippen molar-refractivity contribution >= 4 is 29.9 Å². The van der Waals surface area contributed by atoms with Gasteiger partial charge in [0, 0.05) is 18.8 Å². The SMILES string of the molecule is I.NC(=NCc1nncn1-c1ccccc1)N1CCOCC1. The fourth-order valence-corrected chi connectivity index (χ4v) is 2.22. The number of nitrogens with two attached hydrogens (primary N) is 1. The number of morpholine rings is 1. The summed E-state index contributed by atoms with van der Waals surface area (Å²) in [7, 11) is 0. The van der Waals surface area contributed by atoms with E-state index in [1.165, 1.54) is 0 Å². The summed E-state index contributed by atoms with van der Waals surface area (Å²) in [6, 6.07) is 9.93. The summed E-state index contributed by atoms with van der Waals surface area (Å²) < 4.78 is 7.21. The van der Waals surface area contributed by atoms with Gasteiger partial charge in [-0.1, -0.05) is 18.2 Å². The minimum atomic E-state index is 0. The Hall–Kier alpha value is -1.68. The first-order valence-electron chi connectivity index (χ1n) is 6.91. The van der Waals surface area contributed by atoms with E-state index in [0.717, 1.165) is 24.6 Å². The predicted octanol–water partition coefficient (Wildman–Crippen LogP) is 1.03. The summed E-state index contributed by atoms with van der Waals surface area (Å²) in [5.74, 6) is 1.29. The highest BCUT2D eigenvalue weighted by molar-refractivity contribution is 14.0. The molecule has 0 amide bonds. The van der Waals surface area contributed by atoms with Gasteiger partial charge < -0.3 is 15.4 Å². The van der Waals surface area contributed by atoms with E-state index in [-0.39, 0.29) is 24.0 Å². The van der Waals surface area contributed by atoms with Gasteiger partial charge in [-0.3, -0.25) is 4.57 Å². The largest absolute Gasteiger partial charge is 0.378 e. The van der Waals surface area contributed by atoms with E-state index in [1.54, 1.807) is 6.33 Å². The van der Waals surface area contributed by atoms with Crippen molar-refractivity contribution in [2.24, 2.45) is 10.7 Å². The lowest BCUT2D eigenvalue weighted by Crippen LogP contribution is -2.44. The first-order valence-corrected chi connectivity index (χ1v) is 6.91. The van der Waals surface area contributed by atoms with Crippen LogP contribution in [-0.4, -0.2) is 51.9 Å². The Morgan fingerprint density at radius 2 is 1.95 bits per heavy atom. The molecule has 0 atom stereocenters. The molecule has 118 valence electrons. The highest BCUT2D eigenvalue weighted by atomic mass is 127. The topological polar surface area (TPSA) is 81.6 Å². The van der Waals surface area contributed by atoms with Gasteiger partial charge in [-0.05, 0) is 12.1 Å². The third-order valence-corrected chi connectivity index (χ3v) is 3.37. The number of nitrogens with zero attached hydrogens (tertiary/aromatic N) is 5. The van der Waals surface area contributed by atoms with Gasteiger partial charge in [0.2, 0.25) is 0 Å². The van der Waals surface area contributed by atoms with Crippen LogP contribution in [0.4, 0.5) is 0 Å². The van der Waals surface area contributed by atoms with Crippen LogP contribution in [0.15, 0.2) is 41.7 Å². The standard InChI is InChI=1S/C14H18N6O.HI/c15-14(19-6-8-21-9-7-19)16-10-13-18-17-11-20(13)12-4-2-1-3-5-12;/h1-5,11H,6-10H2,(H2,15,16);1H. The number of aliphatic imine (C=N–C) groups is 1. The van der Waals surface area contributed by atoms with Crippen LogP contribution in [-0.2, 0) is 11.3 Å². The Kier molecular flexibility index (Phi) is 6.13. The van der Waals surface area contributed by atoms with E-state index in [4.69, 9.17) is 10.5 Å². The summed E-state index contributed by atoms with van der Waals surface area (Å²) in [6.07, 6.45) is 1.69. The molecule has 1 fully saturated rings. The monoisotopic (exact) mass is 414 g/mol. The van der Waals surface area contributed by atoms with Crippen molar-refractivity contribution in [2.75, 3.05) is 26.3 Å². The summed E-state index contributed by atoms with van der Waals surface area (Å²) in [6.45, 7) is 3.34. The van der Waals surface area contributed by atoms with Gasteiger partial charge in [0.1, 0.15) is 12.9 Å². The van der Waals surface area contributed by atoms with Crippen molar-refractivity contribution < 1.29 is 4.74 Å². The number of guanidine groups is 1. The number of benzene rings is 1. The van der Waals surface area contributed by atoms with Gasteiger partial charge in [-0.2, -0.15) is 0 Å².